The molecule has 0 aromatic rings. The Labute approximate surface area is 168 Å². The van der Waals surface area contributed by atoms with E-state index in [-0.39, 0.29) is 11.4 Å². The molecule has 158 valence electrons. The van der Waals surface area contributed by atoms with Crippen molar-refractivity contribution in [2.24, 2.45) is 40.7 Å². The fraction of sp³-hybridized carbons (Fsp3) is 0.957. The second kappa shape index (κ2) is 9.62. The van der Waals surface area contributed by atoms with E-state index in [0.717, 1.165) is 43.2 Å². The molecule has 4 unspecified atom stereocenters. The molecular formula is C23H45N3O. The zero-order chi connectivity index (χ0) is 20.2. The van der Waals surface area contributed by atoms with Gasteiger partial charge in [-0.05, 0) is 67.2 Å². The van der Waals surface area contributed by atoms with Crippen molar-refractivity contribution in [1.29, 1.82) is 0 Å². The number of hydrogen-bond donors (Lipinski definition) is 1. The summed E-state index contributed by atoms with van der Waals surface area (Å²) in [5.41, 5.74) is 5.80. The van der Waals surface area contributed by atoms with Crippen molar-refractivity contribution in [3.63, 3.8) is 0 Å². The number of rotatable bonds is 7. The van der Waals surface area contributed by atoms with Gasteiger partial charge in [0.1, 0.15) is 0 Å². The number of piperidine rings is 2. The van der Waals surface area contributed by atoms with Crippen LogP contribution in [-0.2, 0) is 0 Å². The highest BCUT2D eigenvalue weighted by Crippen LogP contribution is 2.38. The summed E-state index contributed by atoms with van der Waals surface area (Å²) in [6, 6.07) is -0.246. The Morgan fingerprint density at radius 3 is 2.48 bits per heavy atom. The number of carbonyl (C=O) groups is 1. The molecule has 2 aliphatic rings. The van der Waals surface area contributed by atoms with Crippen LogP contribution in [0.5, 0.6) is 0 Å². The summed E-state index contributed by atoms with van der Waals surface area (Å²) in [4.78, 5) is 16.1. The van der Waals surface area contributed by atoms with E-state index >= 15 is 0 Å². The molecule has 0 aromatic carbocycles. The summed E-state index contributed by atoms with van der Waals surface area (Å²) < 4.78 is 0. The van der Waals surface area contributed by atoms with Crippen molar-refractivity contribution in [2.75, 3.05) is 32.7 Å². The van der Waals surface area contributed by atoms with Crippen molar-refractivity contribution in [1.82, 2.24) is 9.80 Å². The number of primary amides is 1. The van der Waals surface area contributed by atoms with Gasteiger partial charge < -0.3 is 15.5 Å². The van der Waals surface area contributed by atoms with Gasteiger partial charge in [-0.2, -0.15) is 0 Å². The molecule has 2 heterocycles. The van der Waals surface area contributed by atoms with Crippen LogP contribution in [0.15, 0.2) is 0 Å². The molecule has 0 aromatic heterocycles. The van der Waals surface area contributed by atoms with Gasteiger partial charge in [0.2, 0.25) is 0 Å². The molecule has 4 atom stereocenters. The number of amides is 2. The van der Waals surface area contributed by atoms with Crippen molar-refractivity contribution >= 4 is 6.03 Å². The topological polar surface area (TPSA) is 49.6 Å². The Bertz CT molecular complexity index is 476. The van der Waals surface area contributed by atoms with Crippen LogP contribution in [0.4, 0.5) is 4.79 Å². The molecule has 2 fully saturated rings. The average molecular weight is 380 g/mol. The van der Waals surface area contributed by atoms with Crippen LogP contribution in [0.1, 0.15) is 73.6 Å². The second-order valence-corrected chi connectivity index (χ2v) is 10.6. The number of urea groups is 1. The Hall–Kier alpha value is -0.770. The van der Waals surface area contributed by atoms with Gasteiger partial charge >= 0.3 is 6.03 Å². The van der Waals surface area contributed by atoms with Crippen LogP contribution in [0.25, 0.3) is 0 Å². The van der Waals surface area contributed by atoms with Crippen LogP contribution >= 0.6 is 0 Å². The van der Waals surface area contributed by atoms with E-state index in [1.165, 1.54) is 45.3 Å². The van der Waals surface area contributed by atoms with Crippen LogP contribution in [0.2, 0.25) is 0 Å². The molecule has 2 rings (SSSR count). The number of carbonyl (C=O) groups excluding carboxylic acids is 1. The minimum atomic E-state index is -0.246. The first-order valence-electron chi connectivity index (χ1n) is 11.4. The van der Waals surface area contributed by atoms with E-state index in [9.17, 15) is 4.79 Å². The lowest BCUT2D eigenvalue weighted by molar-refractivity contribution is 0.0362. The first kappa shape index (κ1) is 22.5. The van der Waals surface area contributed by atoms with Crippen molar-refractivity contribution in [3.05, 3.63) is 0 Å². The van der Waals surface area contributed by atoms with Crippen LogP contribution in [0.3, 0.4) is 0 Å². The third-order valence-corrected chi connectivity index (χ3v) is 7.30. The van der Waals surface area contributed by atoms with E-state index in [2.05, 4.69) is 46.4 Å². The summed E-state index contributed by atoms with van der Waals surface area (Å²) in [5, 5.41) is 0. The highest BCUT2D eigenvalue weighted by atomic mass is 16.2. The SMILES string of the molecule is CCC(C(C)C)C1CN(CC(C)(C)CC2CCCN(C(N)=O)C2)CCC1C. The van der Waals surface area contributed by atoms with Gasteiger partial charge in [-0.1, -0.05) is 48.0 Å². The normalized spacial score (nSPS) is 29.1. The summed E-state index contributed by atoms with van der Waals surface area (Å²) in [7, 11) is 0. The molecule has 0 bridgehead atoms. The zero-order valence-electron chi connectivity index (χ0n) is 18.8. The fourth-order valence-corrected chi connectivity index (χ4v) is 6.02. The fourth-order valence-electron chi connectivity index (χ4n) is 6.02. The lowest BCUT2D eigenvalue weighted by Gasteiger charge is -2.45. The first-order valence-corrected chi connectivity index (χ1v) is 11.4. The van der Waals surface area contributed by atoms with E-state index in [0.29, 0.717) is 5.92 Å². The molecule has 0 radical (unpaired) electrons. The summed E-state index contributed by atoms with van der Waals surface area (Å²) >= 11 is 0. The molecule has 27 heavy (non-hydrogen) atoms. The predicted octanol–water partition coefficient (Wildman–Crippen LogP) is 4.83. The Morgan fingerprint density at radius 1 is 1.19 bits per heavy atom. The van der Waals surface area contributed by atoms with Gasteiger partial charge in [-0.25, -0.2) is 4.79 Å². The van der Waals surface area contributed by atoms with E-state index in [4.69, 9.17) is 5.73 Å². The lowest BCUT2D eigenvalue weighted by Crippen LogP contribution is -2.48. The van der Waals surface area contributed by atoms with Crippen LogP contribution in [-0.4, -0.2) is 48.6 Å². The quantitative estimate of drug-likeness (QED) is 0.688. The van der Waals surface area contributed by atoms with E-state index in [1.54, 1.807) is 0 Å². The Morgan fingerprint density at radius 2 is 1.89 bits per heavy atom. The van der Waals surface area contributed by atoms with E-state index in [1.807, 2.05) is 4.90 Å². The monoisotopic (exact) mass is 379 g/mol. The molecule has 2 saturated heterocycles. The Kier molecular flexibility index (Phi) is 8.03. The minimum Gasteiger partial charge on any atom is -0.351 e. The lowest BCUT2D eigenvalue weighted by atomic mass is 9.71. The maximum atomic E-state index is 11.5. The smallest absolute Gasteiger partial charge is 0.314 e. The van der Waals surface area contributed by atoms with Gasteiger partial charge in [0.15, 0.2) is 0 Å². The number of hydrogen-bond acceptors (Lipinski definition) is 2. The molecule has 2 N–H and O–H groups in total. The van der Waals surface area contributed by atoms with Gasteiger partial charge in [0.25, 0.3) is 0 Å². The molecule has 0 spiro atoms. The average Bonchev–Trinajstić information content (AvgIpc) is 2.57. The molecule has 4 nitrogen and oxygen atoms in total. The minimum absolute atomic E-state index is 0.246. The third-order valence-electron chi connectivity index (χ3n) is 7.30. The van der Waals surface area contributed by atoms with Gasteiger partial charge in [0, 0.05) is 26.2 Å². The molecule has 0 saturated carbocycles. The molecule has 2 amide bonds. The van der Waals surface area contributed by atoms with Crippen LogP contribution < -0.4 is 5.73 Å². The second-order valence-electron chi connectivity index (χ2n) is 10.6. The summed E-state index contributed by atoms with van der Waals surface area (Å²) in [6.07, 6.45) is 6.16. The number of nitrogens with zero attached hydrogens (tertiary/aromatic N) is 2. The van der Waals surface area contributed by atoms with Crippen molar-refractivity contribution in [2.45, 2.75) is 73.6 Å². The maximum absolute atomic E-state index is 11.5. The molecular weight excluding hydrogens is 334 g/mol. The zero-order valence-corrected chi connectivity index (χ0v) is 18.8. The molecule has 2 aliphatic heterocycles. The van der Waals surface area contributed by atoms with Gasteiger partial charge in [-0.15, -0.1) is 0 Å². The van der Waals surface area contributed by atoms with Gasteiger partial charge in [-0.3, -0.25) is 0 Å². The highest BCUT2D eigenvalue weighted by Gasteiger charge is 2.36. The third kappa shape index (κ3) is 6.37. The first-order chi connectivity index (χ1) is 12.6. The largest absolute Gasteiger partial charge is 0.351 e. The Balaban J connectivity index is 1.93. The van der Waals surface area contributed by atoms with Crippen molar-refractivity contribution in [3.8, 4) is 0 Å². The van der Waals surface area contributed by atoms with Gasteiger partial charge in [0.05, 0.1) is 0 Å². The standard InChI is InChI=1S/C23H45N3O/c1-7-20(17(2)3)21-15-25(12-10-18(21)4)16-23(5,6)13-19-9-8-11-26(14-19)22(24)27/h17-21H,7-16H2,1-6H3,(H2,24,27). The predicted molar refractivity (Wildman–Crippen MR) is 115 cm³/mol. The highest BCUT2D eigenvalue weighted by molar-refractivity contribution is 5.72. The van der Waals surface area contributed by atoms with E-state index < -0.39 is 0 Å². The van der Waals surface area contributed by atoms with Crippen molar-refractivity contribution < 1.29 is 4.79 Å². The molecule has 4 heteroatoms. The number of nitrogens with two attached hydrogens (primary N) is 1. The maximum Gasteiger partial charge on any atom is 0.314 e. The molecule has 0 aliphatic carbocycles. The summed E-state index contributed by atoms with van der Waals surface area (Å²) in [5.74, 6) is 3.89. The number of likely N-dealkylation sites (tertiary alicyclic amines) is 2. The summed E-state index contributed by atoms with van der Waals surface area (Å²) in [6.45, 7) is 19.9. The van der Waals surface area contributed by atoms with Crippen LogP contribution in [0, 0.1) is 35.0 Å².